The van der Waals surface area contributed by atoms with E-state index in [2.05, 4.69) is 90.2 Å². The van der Waals surface area contributed by atoms with Crippen molar-refractivity contribution in [3.8, 4) is 44.5 Å². The summed E-state index contributed by atoms with van der Waals surface area (Å²) < 4.78 is 80.3. The van der Waals surface area contributed by atoms with Crippen molar-refractivity contribution in [3.05, 3.63) is 188 Å². The molecule has 0 saturated carbocycles. The summed E-state index contributed by atoms with van der Waals surface area (Å²) in [6, 6.07) is 27.2. The van der Waals surface area contributed by atoms with Crippen molar-refractivity contribution >= 4 is 92.3 Å². The Labute approximate surface area is 764 Å². The Kier molecular flexibility index (Phi) is 35.8. The van der Waals surface area contributed by atoms with Crippen LogP contribution in [0, 0.1) is 70.6 Å². The Morgan fingerprint density at radius 3 is 0.874 bits per heavy atom. The van der Waals surface area contributed by atoms with Gasteiger partial charge in [-0.3, -0.25) is 39.1 Å². The van der Waals surface area contributed by atoms with Gasteiger partial charge in [0.15, 0.2) is 0 Å². The summed E-state index contributed by atoms with van der Waals surface area (Å²) in [5, 5.41) is 28.1. The minimum absolute atomic E-state index is 0.0384. The predicted octanol–water partition coefficient (Wildman–Crippen LogP) is 19.1. The molecule has 8 fully saturated rings. The number of hydrogen-bond donors (Lipinski definition) is 8. The van der Waals surface area contributed by atoms with Crippen LogP contribution < -0.4 is 42.5 Å². The van der Waals surface area contributed by atoms with E-state index in [1.54, 1.807) is 73.3 Å². The average molecular weight is 1830 g/mol. The van der Waals surface area contributed by atoms with Crippen LogP contribution in [-0.4, -0.2) is 172 Å². The number of halogens is 8. The molecule has 8 aromatic rings. The van der Waals surface area contributed by atoms with E-state index >= 15 is 0 Å². The van der Waals surface area contributed by atoms with E-state index in [4.69, 9.17) is 65.4 Å². The molecular formula is C99H122Cl4F4N12O8. The van der Waals surface area contributed by atoms with E-state index in [0.717, 1.165) is 233 Å². The normalized spacial score (nSPS) is 21.3. The quantitative estimate of drug-likeness (QED) is 0.0212. The SMILES string of the molecule is CC1(C)C[C@@H](CNc2cc(-c3cc(CC(=O)[C@@H]4CCCNC4)ncc3Cl)ccc2F)CCO1.CC1(C)C[C@H](CNc2cc(-c3cc(CC(=O)[C@@H]4CCCNC4)ncc3Cl)ccc2F)CCO1.O=C(Cc1cc(-c2ccc(F)c(NCC3CCOCC3)c2)c(Cl)cn1)[C@@H]1CCCNC1.O=C(Cc1cc(-c2ccc(F)c(NCC3CCOCC3)c2)c(Cl)cn1)[C@@H]1CCNC1. The standard InChI is InChI=1S/2C26H33ClFN3O2.C24H29ClFN3O2.C23H27ClFN3O2/c2*1-26(2)13-17(7-9-33-26)14-31-24-10-18(5-6-23(24)28)21-11-20(30-16-22(21)27)12-25(32)19-4-3-8-29-15-19;25-21-15-28-19(12-24(30)18-2-1-7-27-14-18)11-20(21)17-3-4-22(26)23(10-17)29-13-16-5-8-31-9-6-16;24-20-14-27-18(11-23(29)17-3-6-26-13-17)10-19(20)16-1-2-21(25)22(9-16)28-12-15-4-7-30-8-5-15/h2*5-6,10-11,16-17,19,29,31H,3-4,7-9,12-15H2,1-2H3;3-4,10-11,15-16,18,27,29H,1-2,5-9,12-14H2;1-2,9-10,14-15,17,26,28H,3-8,11-13H2/t17-,19+;17-,19-;18-;17-/m0111/s1. The van der Waals surface area contributed by atoms with Gasteiger partial charge in [-0.2, -0.15) is 0 Å². The van der Waals surface area contributed by atoms with Crippen molar-refractivity contribution in [2.24, 2.45) is 47.3 Å². The highest BCUT2D eigenvalue weighted by Gasteiger charge is 2.33. The first-order valence-electron chi connectivity index (χ1n) is 45.4. The molecule has 0 spiro atoms. The number of aromatic nitrogens is 4. The molecule has 0 bridgehead atoms. The summed E-state index contributed by atoms with van der Waals surface area (Å²) in [6.45, 7) is 22.4. The van der Waals surface area contributed by atoms with Crippen molar-refractivity contribution in [3.63, 3.8) is 0 Å². The number of Topliss-reactive ketones (excluding diaryl/α,β-unsaturated/α-hetero) is 4. The first-order valence-corrected chi connectivity index (χ1v) is 46.9. The number of ether oxygens (including phenoxy) is 4. The number of ketones is 4. The molecule has 8 N–H and O–H groups in total. The zero-order valence-corrected chi connectivity index (χ0v) is 76.4. The molecule has 8 aliphatic heterocycles. The van der Waals surface area contributed by atoms with Gasteiger partial charge < -0.3 is 61.5 Å². The summed E-state index contributed by atoms with van der Waals surface area (Å²) in [4.78, 5) is 68.0. The van der Waals surface area contributed by atoms with Crippen molar-refractivity contribution in [2.75, 3.05) is 139 Å². The van der Waals surface area contributed by atoms with Gasteiger partial charge in [0, 0.05) is 211 Å². The van der Waals surface area contributed by atoms with Gasteiger partial charge in [-0.25, -0.2) is 17.6 Å². The van der Waals surface area contributed by atoms with Crippen molar-refractivity contribution < 1.29 is 55.7 Å². The van der Waals surface area contributed by atoms with Crippen LogP contribution in [0.4, 0.5) is 40.3 Å². The van der Waals surface area contributed by atoms with Crippen LogP contribution in [0.5, 0.6) is 0 Å². The van der Waals surface area contributed by atoms with Crippen LogP contribution in [-0.2, 0) is 63.8 Å². The zero-order valence-electron chi connectivity index (χ0n) is 73.4. The third-order valence-electron chi connectivity index (χ3n) is 25.6. The number of nitrogens with zero attached hydrogens (tertiary/aromatic N) is 4. The number of carbonyl (C=O) groups excluding carboxylic acids is 4. The highest BCUT2D eigenvalue weighted by atomic mass is 35.5. The number of rotatable bonds is 28. The smallest absolute Gasteiger partial charge is 0.146 e. The Bertz CT molecular complexity index is 4860. The fraction of sp³-hybridized carbons (Fsp3) is 0.515. The fourth-order valence-corrected chi connectivity index (χ4v) is 18.9. The maximum atomic E-state index is 14.6. The number of benzene rings is 4. The van der Waals surface area contributed by atoms with Gasteiger partial charge in [-0.05, 0) is 269 Å². The third kappa shape index (κ3) is 28.7. The molecule has 6 atom stereocenters. The first-order chi connectivity index (χ1) is 61.3. The Morgan fingerprint density at radius 1 is 0.354 bits per heavy atom. The summed E-state index contributed by atoms with van der Waals surface area (Å²) in [6.07, 6.45) is 21.9. The Morgan fingerprint density at radius 2 is 0.614 bits per heavy atom. The maximum Gasteiger partial charge on any atom is 0.146 e. The fourth-order valence-electron chi connectivity index (χ4n) is 18.1. The van der Waals surface area contributed by atoms with E-state index in [0.29, 0.717) is 115 Å². The highest BCUT2D eigenvalue weighted by Crippen LogP contribution is 2.39. The minimum Gasteiger partial charge on any atom is -0.382 e. The van der Waals surface area contributed by atoms with Gasteiger partial charge in [0.05, 0.1) is 54.0 Å². The molecule has 20 nitrogen and oxygen atoms in total. The van der Waals surface area contributed by atoms with E-state index in [1.165, 1.54) is 24.3 Å². The average Bonchev–Trinajstić information content (AvgIpc) is 0.956. The number of carbonyl (C=O) groups is 4. The van der Waals surface area contributed by atoms with Crippen LogP contribution in [0.25, 0.3) is 44.5 Å². The third-order valence-corrected chi connectivity index (χ3v) is 26.8. The lowest BCUT2D eigenvalue weighted by atomic mass is 9.88. The molecule has 8 aliphatic rings. The molecule has 0 radical (unpaired) electrons. The number of pyridine rings is 4. The van der Waals surface area contributed by atoms with E-state index in [-0.39, 0.29) is 107 Å². The second-order valence-corrected chi connectivity index (χ2v) is 38.0. The Hall–Kier alpha value is -8.08. The minimum atomic E-state index is -0.296. The van der Waals surface area contributed by atoms with Crippen molar-refractivity contribution in [1.82, 2.24) is 41.2 Å². The van der Waals surface area contributed by atoms with Crippen LogP contribution in [0.2, 0.25) is 20.1 Å². The lowest BCUT2D eigenvalue weighted by Gasteiger charge is -2.35. The number of piperidine rings is 3. The molecule has 12 heterocycles. The molecule has 0 unspecified atom stereocenters. The molecular weight excluding hydrogens is 1700 g/mol. The van der Waals surface area contributed by atoms with Gasteiger partial charge in [-0.15, -0.1) is 0 Å². The monoisotopic (exact) mass is 1820 g/mol. The van der Waals surface area contributed by atoms with E-state index in [1.807, 2.05) is 24.3 Å². The molecule has 0 aliphatic carbocycles. The van der Waals surface area contributed by atoms with Crippen molar-refractivity contribution in [2.45, 2.75) is 161 Å². The number of anilines is 4. The number of hydrogen-bond acceptors (Lipinski definition) is 20. The van der Waals surface area contributed by atoms with Gasteiger partial charge in [0.2, 0.25) is 0 Å². The molecule has 127 heavy (non-hydrogen) atoms. The topological polar surface area (TPSA) is 253 Å². The van der Waals surface area contributed by atoms with Crippen LogP contribution >= 0.6 is 46.4 Å². The largest absolute Gasteiger partial charge is 0.382 e. The molecule has 0 amide bonds. The maximum absolute atomic E-state index is 14.6. The van der Waals surface area contributed by atoms with Gasteiger partial charge in [0.1, 0.15) is 46.4 Å². The lowest BCUT2D eigenvalue weighted by Crippen LogP contribution is -2.36. The van der Waals surface area contributed by atoms with Gasteiger partial charge in [-0.1, -0.05) is 70.7 Å². The van der Waals surface area contributed by atoms with Gasteiger partial charge >= 0.3 is 0 Å². The molecule has 4 aromatic heterocycles. The molecule has 4 aromatic carbocycles. The van der Waals surface area contributed by atoms with Crippen LogP contribution in [0.15, 0.2) is 122 Å². The van der Waals surface area contributed by atoms with E-state index in [9.17, 15) is 36.7 Å². The molecule has 28 heteroatoms. The summed E-state index contributed by atoms with van der Waals surface area (Å²) in [5.74, 6) is 1.60. The lowest BCUT2D eigenvalue weighted by molar-refractivity contribution is -0.123. The highest BCUT2D eigenvalue weighted by molar-refractivity contribution is 6.34. The van der Waals surface area contributed by atoms with Crippen molar-refractivity contribution in [1.29, 1.82) is 0 Å². The van der Waals surface area contributed by atoms with Gasteiger partial charge in [0.25, 0.3) is 0 Å². The molecule has 16 rings (SSSR count). The Balaban J connectivity index is 0.000000145. The zero-order chi connectivity index (χ0) is 89.4. The summed E-state index contributed by atoms with van der Waals surface area (Å²) in [7, 11) is 0. The summed E-state index contributed by atoms with van der Waals surface area (Å²) >= 11 is 25.7. The summed E-state index contributed by atoms with van der Waals surface area (Å²) in [5.41, 5.74) is 10.5. The van der Waals surface area contributed by atoms with Crippen LogP contribution in [0.1, 0.15) is 147 Å². The molecule has 682 valence electrons. The van der Waals surface area contributed by atoms with Crippen LogP contribution in [0.3, 0.4) is 0 Å². The second-order valence-electron chi connectivity index (χ2n) is 36.4. The number of nitrogens with one attached hydrogen (secondary N) is 8. The molecule has 8 saturated heterocycles. The first kappa shape index (κ1) is 96.5. The second kappa shape index (κ2) is 47.1. The van der Waals surface area contributed by atoms with E-state index < -0.39 is 0 Å². The predicted molar refractivity (Wildman–Crippen MR) is 498 cm³/mol.